The number of carbonyl (C=O) groups is 2. The SMILES string of the molecule is Cn1c(CNC(=O)[C@H]2CCCCC[C@H]2NC(=O)OC(C)(C)C)nc2ccccc21. The van der Waals surface area contributed by atoms with Crippen molar-refractivity contribution in [3.63, 3.8) is 0 Å². The number of hydrogen-bond donors (Lipinski definition) is 2. The molecule has 0 unspecified atom stereocenters. The molecule has 0 saturated heterocycles. The highest BCUT2D eigenvalue weighted by Crippen LogP contribution is 2.24. The highest BCUT2D eigenvalue weighted by atomic mass is 16.6. The molecule has 1 fully saturated rings. The third-order valence-electron chi connectivity index (χ3n) is 5.36. The molecule has 1 aliphatic carbocycles. The number of benzene rings is 1. The van der Waals surface area contributed by atoms with Gasteiger partial charge in [0.2, 0.25) is 5.91 Å². The second kappa shape index (κ2) is 8.84. The van der Waals surface area contributed by atoms with Crippen molar-refractivity contribution in [2.24, 2.45) is 13.0 Å². The zero-order valence-electron chi connectivity index (χ0n) is 17.8. The smallest absolute Gasteiger partial charge is 0.407 e. The highest BCUT2D eigenvalue weighted by molar-refractivity contribution is 5.81. The predicted octanol–water partition coefficient (Wildman–Crippen LogP) is 3.66. The first-order valence-electron chi connectivity index (χ1n) is 10.4. The monoisotopic (exact) mass is 400 g/mol. The molecule has 2 N–H and O–H groups in total. The number of fused-ring (bicyclic) bond motifs is 1. The van der Waals surface area contributed by atoms with E-state index in [1.165, 1.54) is 0 Å². The van der Waals surface area contributed by atoms with E-state index in [1.54, 1.807) is 0 Å². The average molecular weight is 401 g/mol. The lowest BCUT2D eigenvalue weighted by atomic mass is 9.94. The molecule has 2 aromatic rings. The Hall–Kier alpha value is -2.57. The number of nitrogens with zero attached hydrogens (tertiary/aromatic N) is 2. The van der Waals surface area contributed by atoms with Crippen LogP contribution >= 0.6 is 0 Å². The summed E-state index contributed by atoms with van der Waals surface area (Å²) in [5.74, 6) is 0.504. The molecule has 3 rings (SSSR count). The van der Waals surface area contributed by atoms with E-state index < -0.39 is 11.7 Å². The topological polar surface area (TPSA) is 85.2 Å². The van der Waals surface area contributed by atoms with Gasteiger partial charge in [0.15, 0.2) is 0 Å². The fraction of sp³-hybridized carbons (Fsp3) is 0.591. The minimum absolute atomic E-state index is 0.0417. The molecule has 1 aliphatic rings. The Morgan fingerprint density at radius 1 is 1.17 bits per heavy atom. The quantitative estimate of drug-likeness (QED) is 0.767. The third-order valence-corrected chi connectivity index (χ3v) is 5.36. The van der Waals surface area contributed by atoms with Crippen molar-refractivity contribution < 1.29 is 14.3 Å². The van der Waals surface area contributed by atoms with Gasteiger partial charge in [-0.3, -0.25) is 4.79 Å². The van der Waals surface area contributed by atoms with E-state index in [0.717, 1.165) is 49.0 Å². The molecular formula is C22H32N4O3. The van der Waals surface area contributed by atoms with Gasteiger partial charge >= 0.3 is 6.09 Å². The summed E-state index contributed by atoms with van der Waals surface area (Å²) in [6.45, 7) is 5.86. The van der Waals surface area contributed by atoms with Gasteiger partial charge < -0.3 is 19.9 Å². The van der Waals surface area contributed by atoms with Crippen LogP contribution in [0, 0.1) is 5.92 Å². The lowest BCUT2D eigenvalue weighted by Gasteiger charge is -2.27. The van der Waals surface area contributed by atoms with E-state index in [-0.39, 0.29) is 17.9 Å². The van der Waals surface area contributed by atoms with E-state index in [1.807, 2.05) is 56.7 Å². The standard InChI is InChI=1S/C22H32N4O3/c1-22(2,3)29-21(28)25-16-11-7-5-6-10-15(16)20(27)23-14-19-24-17-12-8-9-13-18(17)26(19)4/h8-9,12-13,15-16H,5-7,10-11,14H2,1-4H3,(H,23,27)(H,25,28)/t15-,16+/m0/s1. The fourth-order valence-electron chi connectivity index (χ4n) is 3.90. The lowest BCUT2D eigenvalue weighted by Crippen LogP contribution is -2.47. The Morgan fingerprint density at radius 2 is 1.90 bits per heavy atom. The highest BCUT2D eigenvalue weighted by Gasteiger charge is 2.32. The van der Waals surface area contributed by atoms with Crippen LogP contribution < -0.4 is 10.6 Å². The summed E-state index contributed by atoms with van der Waals surface area (Å²) < 4.78 is 7.39. The summed E-state index contributed by atoms with van der Waals surface area (Å²) >= 11 is 0. The zero-order chi connectivity index (χ0) is 21.0. The molecule has 1 aromatic carbocycles. The van der Waals surface area contributed by atoms with Crippen LogP contribution in [0.15, 0.2) is 24.3 Å². The van der Waals surface area contributed by atoms with Gasteiger partial charge in [0.25, 0.3) is 0 Å². The van der Waals surface area contributed by atoms with Crippen molar-refractivity contribution in [3.8, 4) is 0 Å². The first-order valence-corrected chi connectivity index (χ1v) is 10.4. The molecule has 7 nitrogen and oxygen atoms in total. The van der Waals surface area contributed by atoms with Crippen molar-refractivity contribution in [2.45, 2.75) is 71.1 Å². The first kappa shape index (κ1) is 21.1. The molecule has 2 amide bonds. The maximum absolute atomic E-state index is 13.0. The van der Waals surface area contributed by atoms with Gasteiger partial charge in [-0.15, -0.1) is 0 Å². The molecule has 1 saturated carbocycles. The molecule has 1 heterocycles. The predicted molar refractivity (Wildman–Crippen MR) is 112 cm³/mol. The van der Waals surface area contributed by atoms with E-state index in [0.29, 0.717) is 6.54 Å². The number of alkyl carbamates (subject to hydrolysis) is 1. The minimum Gasteiger partial charge on any atom is -0.444 e. The summed E-state index contributed by atoms with van der Waals surface area (Å²) in [4.78, 5) is 29.9. The van der Waals surface area contributed by atoms with Crippen LogP contribution in [-0.2, 0) is 23.1 Å². The molecule has 0 bridgehead atoms. The number of hydrogen-bond acceptors (Lipinski definition) is 4. The Bertz CT molecular complexity index is 869. The van der Waals surface area contributed by atoms with Crippen LogP contribution in [0.25, 0.3) is 11.0 Å². The number of aromatic nitrogens is 2. The van der Waals surface area contributed by atoms with Crippen molar-refractivity contribution in [3.05, 3.63) is 30.1 Å². The minimum atomic E-state index is -0.563. The van der Waals surface area contributed by atoms with E-state index in [2.05, 4.69) is 15.6 Å². The Labute approximate surface area is 172 Å². The van der Waals surface area contributed by atoms with Crippen LogP contribution in [0.2, 0.25) is 0 Å². The van der Waals surface area contributed by atoms with Crippen LogP contribution in [0.5, 0.6) is 0 Å². The van der Waals surface area contributed by atoms with Crippen LogP contribution in [0.4, 0.5) is 4.79 Å². The second-order valence-corrected chi connectivity index (χ2v) is 8.79. The van der Waals surface area contributed by atoms with Gasteiger partial charge in [-0.1, -0.05) is 31.4 Å². The summed E-state index contributed by atoms with van der Waals surface area (Å²) in [5.41, 5.74) is 1.39. The normalized spacial score (nSPS) is 20.1. The number of para-hydroxylation sites is 2. The second-order valence-electron chi connectivity index (χ2n) is 8.79. The molecular weight excluding hydrogens is 368 g/mol. The zero-order valence-corrected chi connectivity index (χ0v) is 17.8. The molecule has 29 heavy (non-hydrogen) atoms. The number of amides is 2. The Kier molecular flexibility index (Phi) is 6.45. The molecule has 0 radical (unpaired) electrons. The summed E-state index contributed by atoms with van der Waals surface area (Å²) in [6.07, 6.45) is 4.13. The maximum atomic E-state index is 13.0. The Morgan fingerprint density at radius 3 is 2.62 bits per heavy atom. The van der Waals surface area contributed by atoms with Crippen LogP contribution in [0.3, 0.4) is 0 Å². The van der Waals surface area contributed by atoms with Gasteiger partial charge in [-0.25, -0.2) is 9.78 Å². The van der Waals surface area contributed by atoms with E-state index >= 15 is 0 Å². The number of ether oxygens (including phenoxy) is 1. The third kappa shape index (κ3) is 5.49. The molecule has 7 heteroatoms. The molecule has 2 atom stereocenters. The van der Waals surface area contributed by atoms with E-state index in [4.69, 9.17) is 4.74 Å². The number of rotatable bonds is 4. The Balaban J connectivity index is 1.65. The fourth-order valence-corrected chi connectivity index (χ4v) is 3.90. The number of aryl methyl sites for hydroxylation is 1. The van der Waals surface area contributed by atoms with Gasteiger partial charge in [-0.05, 0) is 45.7 Å². The van der Waals surface area contributed by atoms with Crippen LogP contribution in [-0.4, -0.2) is 33.2 Å². The van der Waals surface area contributed by atoms with Crippen LogP contribution in [0.1, 0.15) is 58.7 Å². The van der Waals surface area contributed by atoms with Crippen molar-refractivity contribution in [1.29, 1.82) is 0 Å². The number of imidazole rings is 1. The largest absolute Gasteiger partial charge is 0.444 e. The van der Waals surface area contributed by atoms with E-state index in [9.17, 15) is 9.59 Å². The van der Waals surface area contributed by atoms with Crippen molar-refractivity contribution >= 4 is 23.0 Å². The molecule has 0 spiro atoms. The molecule has 1 aromatic heterocycles. The van der Waals surface area contributed by atoms with Gasteiger partial charge in [-0.2, -0.15) is 0 Å². The molecule has 0 aliphatic heterocycles. The first-order chi connectivity index (χ1) is 13.7. The van der Waals surface area contributed by atoms with Crippen molar-refractivity contribution in [1.82, 2.24) is 20.2 Å². The van der Waals surface area contributed by atoms with Gasteiger partial charge in [0, 0.05) is 13.1 Å². The number of nitrogens with one attached hydrogen (secondary N) is 2. The van der Waals surface area contributed by atoms with Gasteiger partial charge in [0.1, 0.15) is 11.4 Å². The number of carbonyl (C=O) groups excluding carboxylic acids is 2. The molecule has 158 valence electrons. The summed E-state index contributed by atoms with van der Waals surface area (Å²) in [7, 11) is 1.95. The van der Waals surface area contributed by atoms with Gasteiger partial charge in [0.05, 0.1) is 23.5 Å². The summed E-state index contributed by atoms with van der Waals surface area (Å²) in [5, 5.41) is 5.97. The summed E-state index contributed by atoms with van der Waals surface area (Å²) in [6, 6.07) is 7.70. The lowest BCUT2D eigenvalue weighted by molar-refractivity contribution is -0.126. The van der Waals surface area contributed by atoms with Crippen molar-refractivity contribution in [2.75, 3.05) is 0 Å². The average Bonchev–Trinajstić information content (AvgIpc) is 2.80. The maximum Gasteiger partial charge on any atom is 0.407 e.